The number of nitrogens with zero attached hydrogens (tertiary/aromatic N) is 2. The number of benzene rings is 2. The zero-order valence-electron chi connectivity index (χ0n) is 11.8. The van der Waals surface area contributed by atoms with Crippen LogP contribution in [0.3, 0.4) is 0 Å². The van der Waals surface area contributed by atoms with Crippen molar-refractivity contribution >= 4 is 22.8 Å². The molecule has 0 saturated carbocycles. The Balaban J connectivity index is 1.93. The van der Waals surface area contributed by atoms with Crippen LogP contribution < -0.4 is 0 Å². The van der Waals surface area contributed by atoms with E-state index in [1.807, 2.05) is 36.6 Å². The van der Waals surface area contributed by atoms with E-state index in [4.69, 9.17) is 0 Å². The molecular weight excluding hydrogens is 283 g/mol. The zero-order chi connectivity index (χ0) is 14.4. The third kappa shape index (κ3) is 2.05. The van der Waals surface area contributed by atoms with Crippen molar-refractivity contribution in [1.29, 1.82) is 0 Å². The van der Waals surface area contributed by atoms with Gasteiger partial charge in [-0.15, -0.1) is 11.8 Å². The van der Waals surface area contributed by atoms with Crippen molar-refractivity contribution in [1.82, 2.24) is 9.55 Å². The lowest BCUT2D eigenvalue weighted by atomic mass is 10.0. The van der Waals surface area contributed by atoms with Crippen LogP contribution in [0.2, 0.25) is 0 Å². The number of aromatic nitrogens is 2. The molecule has 0 fully saturated rings. The van der Waals surface area contributed by atoms with Crippen LogP contribution in [-0.2, 0) is 13.0 Å². The molecule has 2 aromatic carbocycles. The van der Waals surface area contributed by atoms with Gasteiger partial charge in [0, 0.05) is 29.5 Å². The van der Waals surface area contributed by atoms with Gasteiger partial charge in [0.1, 0.15) is 11.6 Å². The molecule has 21 heavy (non-hydrogen) atoms. The van der Waals surface area contributed by atoms with Gasteiger partial charge in [-0.1, -0.05) is 12.1 Å². The second-order valence-electron chi connectivity index (χ2n) is 5.34. The first-order chi connectivity index (χ1) is 10.3. The highest BCUT2D eigenvalue weighted by Gasteiger charge is 2.18. The van der Waals surface area contributed by atoms with Gasteiger partial charge in [0.15, 0.2) is 0 Å². The lowest BCUT2D eigenvalue weighted by Gasteiger charge is -2.07. The smallest absolute Gasteiger partial charge is 0.133 e. The molecule has 1 aliphatic heterocycles. The molecule has 0 amide bonds. The molecule has 0 aliphatic carbocycles. The Morgan fingerprint density at radius 2 is 2.14 bits per heavy atom. The minimum absolute atomic E-state index is 0.197. The number of fused-ring (bicyclic) bond motifs is 3. The summed E-state index contributed by atoms with van der Waals surface area (Å²) in [6.45, 7) is 0.988. The Labute approximate surface area is 127 Å². The highest BCUT2D eigenvalue weighted by molar-refractivity contribution is 7.98. The number of hydrogen-bond donors (Lipinski definition) is 0. The lowest BCUT2D eigenvalue weighted by Crippen LogP contribution is -1.93. The third-order valence-corrected chi connectivity index (χ3v) is 4.80. The number of thioether (sulfide) groups is 1. The minimum Gasteiger partial charge on any atom is -0.328 e. The van der Waals surface area contributed by atoms with Gasteiger partial charge in [0.25, 0.3) is 0 Å². The molecule has 4 heteroatoms. The first kappa shape index (κ1) is 12.9. The Hall–Kier alpha value is -1.81. The van der Waals surface area contributed by atoms with E-state index in [9.17, 15) is 4.39 Å². The normalized spacial score (nSPS) is 13.8. The predicted molar refractivity (Wildman–Crippen MR) is 85.2 cm³/mol. The summed E-state index contributed by atoms with van der Waals surface area (Å²) < 4.78 is 16.7. The molecule has 0 saturated heterocycles. The molecule has 0 N–H and O–H groups in total. The molecule has 0 radical (unpaired) electrons. The van der Waals surface area contributed by atoms with Gasteiger partial charge in [0.05, 0.1) is 11.0 Å². The van der Waals surface area contributed by atoms with Crippen molar-refractivity contribution in [3.05, 3.63) is 48.0 Å². The largest absolute Gasteiger partial charge is 0.328 e. The molecule has 3 aromatic rings. The molecule has 2 heterocycles. The van der Waals surface area contributed by atoms with Crippen molar-refractivity contribution in [2.75, 3.05) is 6.26 Å². The van der Waals surface area contributed by atoms with E-state index in [0.29, 0.717) is 5.56 Å². The van der Waals surface area contributed by atoms with E-state index in [2.05, 4.69) is 9.55 Å². The summed E-state index contributed by atoms with van der Waals surface area (Å²) in [7, 11) is 0. The van der Waals surface area contributed by atoms with Gasteiger partial charge in [-0.3, -0.25) is 0 Å². The molecule has 2 nitrogen and oxygen atoms in total. The standard InChI is InChI=1S/C17H15FN2S/c1-21-12-5-2-4-11(8-12)13-9-16-15(10-14(13)18)19-17-6-3-7-20(16)17/h2,4-5,8-10H,3,6-7H2,1H3. The Morgan fingerprint density at radius 3 is 3.00 bits per heavy atom. The van der Waals surface area contributed by atoms with Crippen molar-refractivity contribution in [2.45, 2.75) is 24.3 Å². The van der Waals surface area contributed by atoms with Crippen molar-refractivity contribution in [3.63, 3.8) is 0 Å². The maximum absolute atomic E-state index is 14.4. The number of imidazole rings is 1. The molecule has 0 unspecified atom stereocenters. The Bertz CT molecular complexity index is 838. The van der Waals surface area contributed by atoms with Crippen LogP contribution in [-0.4, -0.2) is 15.8 Å². The molecule has 1 aliphatic rings. The fourth-order valence-corrected chi connectivity index (χ4v) is 3.50. The van der Waals surface area contributed by atoms with E-state index in [1.54, 1.807) is 17.8 Å². The molecular formula is C17H15FN2S. The summed E-state index contributed by atoms with van der Waals surface area (Å²) in [6.07, 6.45) is 4.16. The summed E-state index contributed by atoms with van der Waals surface area (Å²) in [6, 6.07) is 11.5. The quantitative estimate of drug-likeness (QED) is 0.648. The van der Waals surface area contributed by atoms with Crippen molar-refractivity contribution < 1.29 is 4.39 Å². The maximum Gasteiger partial charge on any atom is 0.133 e. The molecule has 0 atom stereocenters. The molecule has 1 aromatic heterocycles. The van der Waals surface area contributed by atoms with E-state index in [0.717, 1.165) is 46.7 Å². The SMILES string of the molecule is CSc1cccc(-c2cc3c(cc2F)nc2n3CCC2)c1. The lowest BCUT2D eigenvalue weighted by molar-refractivity contribution is 0.632. The van der Waals surface area contributed by atoms with Crippen LogP contribution in [0.15, 0.2) is 41.3 Å². The number of halogens is 1. The fraction of sp³-hybridized carbons (Fsp3) is 0.235. The van der Waals surface area contributed by atoms with Gasteiger partial charge in [-0.2, -0.15) is 0 Å². The number of rotatable bonds is 2. The van der Waals surface area contributed by atoms with Crippen molar-refractivity contribution in [3.8, 4) is 11.1 Å². The van der Waals surface area contributed by atoms with Gasteiger partial charge >= 0.3 is 0 Å². The first-order valence-electron chi connectivity index (χ1n) is 7.09. The van der Waals surface area contributed by atoms with Crippen LogP contribution >= 0.6 is 11.8 Å². The Kier molecular flexibility index (Phi) is 3.00. The second-order valence-corrected chi connectivity index (χ2v) is 6.22. The second kappa shape index (κ2) is 4.88. The zero-order valence-corrected chi connectivity index (χ0v) is 12.6. The van der Waals surface area contributed by atoms with Crippen LogP contribution in [0.1, 0.15) is 12.2 Å². The molecule has 106 valence electrons. The van der Waals surface area contributed by atoms with E-state index in [-0.39, 0.29) is 5.82 Å². The maximum atomic E-state index is 14.4. The van der Waals surface area contributed by atoms with E-state index in [1.165, 1.54) is 0 Å². The van der Waals surface area contributed by atoms with E-state index < -0.39 is 0 Å². The monoisotopic (exact) mass is 298 g/mol. The summed E-state index contributed by atoms with van der Waals surface area (Å²) in [5, 5.41) is 0. The third-order valence-electron chi connectivity index (χ3n) is 4.08. The number of hydrogen-bond acceptors (Lipinski definition) is 2. The topological polar surface area (TPSA) is 17.8 Å². The predicted octanol–water partition coefficient (Wildman–Crippen LogP) is 4.51. The van der Waals surface area contributed by atoms with Crippen LogP contribution in [0, 0.1) is 5.82 Å². The number of aryl methyl sites for hydroxylation is 2. The summed E-state index contributed by atoms with van der Waals surface area (Å²) in [5.74, 6) is 0.886. The van der Waals surface area contributed by atoms with Crippen LogP contribution in [0.25, 0.3) is 22.2 Å². The van der Waals surface area contributed by atoms with Crippen LogP contribution in [0.4, 0.5) is 4.39 Å². The fourth-order valence-electron chi connectivity index (χ4n) is 3.04. The molecule has 4 rings (SSSR count). The highest BCUT2D eigenvalue weighted by atomic mass is 32.2. The van der Waals surface area contributed by atoms with Gasteiger partial charge in [0.2, 0.25) is 0 Å². The first-order valence-corrected chi connectivity index (χ1v) is 8.32. The summed E-state index contributed by atoms with van der Waals surface area (Å²) in [5.41, 5.74) is 3.41. The van der Waals surface area contributed by atoms with Gasteiger partial charge < -0.3 is 4.57 Å². The van der Waals surface area contributed by atoms with Gasteiger partial charge in [-0.05, 0) is 36.4 Å². The highest BCUT2D eigenvalue weighted by Crippen LogP contribution is 2.31. The molecule has 0 bridgehead atoms. The average Bonchev–Trinajstić information content (AvgIpc) is 3.07. The average molecular weight is 298 g/mol. The summed E-state index contributed by atoms with van der Waals surface area (Å²) >= 11 is 1.67. The van der Waals surface area contributed by atoms with Crippen molar-refractivity contribution in [2.24, 2.45) is 0 Å². The van der Waals surface area contributed by atoms with Crippen LogP contribution in [0.5, 0.6) is 0 Å². The van der Waals surface area contributed by atoms with E-state index >= 15 is 0 Å². The summed E-state index contributed by atoms with van der Waals surface area (Å²) in [4.78, 5) is 5.69. The molecule has 0 spiro atoms. The Morgan fingerprint density at radius 1 is 1.24 bits per heavy atom. The minimum atomic E-state index is -0.197. The van der Waals surface area contributed by atoms with Gasteiger partial charge in [-0.25, -0.2) is 9.37 Å².